The van der Waals surface area contributed by atoms with Gasteiger partial charge in [0.05, 0.1) is 13.2 Å². The summed E-state index contributed by atoms with van der Waals surface area (Å²) in [4.78, 5) is 4.14. The molecule has 2 rings (SSSR count). The molecule has 6 nitrogen and oxygen atoms in total. The van der Waals surface area contributed by atoms with E-state index in [1.807, 2.05) is 12.3 Å². The van der Waals surface area contributed by atoms with Gasteiger partial charge in [0.25, 0.3) is 0 Å². The number of nitrogens with two attached hydrogens (primary N) is 1. The highest BCUT2D eigenvalue weighted by molar-refractivity contribution is 7.13. The third kappa shape index (κ3) is 5.71. The molecule has 124 valence electrons. The molecule has 0 radical (unpaired) electrons. The average Bonchev–Trinajstić information content (AvgIpc) is 3.04. The highest BCUT2D eigenvalue weighted by Crippen LogP contribution is 2.29. The summed E-state index contributed by atoms with van der Waals surface area (Å²) < 4.78 is 16.7. The standard InChI is InChI=1S/C16H21N3O3S/c1-3-20-12(2)11-22-15-10-13(17)4-5-14(15)21-8-6-18-16-19-7-9-23-16/h4-5,7,9-10H,2-3,6,8,11,17H2,1H3,(H,18,19). The van der Waals surface area contributed by atoms with Crippen molar-refractivity contribution >= 4 is 22.2 Å². The second-order valence-corrected chi connectivity index (χ2v) is 5.47. The van der Waals surface area contributed by atoms with Crippen LogP contribution in [0, 0.1) is 0 Å². The highest BCUT2D eigenvalue weighted by Gasteiger charge is 2.07. The van der Waals surface area contributed by atoms with Crippen LogP contribution in [0.15, 0.2) is 42.1 Å². The molecule has 0 amide bonds. The first-order valence-corrected chi connectivity index (χ1v) is 8.16. The smallest absolute Gasteiger partial charge is 0.182 e. The summed E-state index contributed by atoms with van der Waals surface area (Å²) in [5, 5.41) is 5.96. The van der Waals surface area contributed by atoms with Gasteiger partial charge in [-0.15, -0.1) is 11.3 Å². The zero-order chi connectivity index (χ0) is 16.5. The third-order valence-electron chi connectivity index (χ3n) is 2.77. The Labute approximate surface area is 139 Å². The largest absolute Gasteiger partial charge is 0.495 e. The number of anilines is 2. The summed E-state index contributed by atoms with van der Waals surface area (Å²) in [6.07, 6.45) is 1.75. The minimum atomic E-state index is 0.255. The van der Waals surface area contributed by atoms with Crippen LogP contribution in [0.5, 0.6) is 11.5 Å². The normalized spacial score (nSPS) is 10.1. The molecule has 0 aliphatic heterocycles. The summed E-state index contributed by atoms with van der Waals surface area (Å²) in [7, 11) is 0. The van der Waals surface area contributed by atoms with Crippen LogP contribution in [0.4, 0.5) is 10.8 Å². The SMILES string of the molecule is C=C(COc1cc(N)ccc1OCCNc1nccs1)OCC. The van der Waals surface area contributed by atoms with Crippen molar-refractivity contribution in [2.24, 2.45) is 0 Å². The Morgan fingerprint density at radius 3 is 2.96 bits per heavy atom. The van der Waals surface area contributed by atoms with Crippen LogP contribution >= 0.6 is 11.3 Å². The number of nitrogen functional groups attached to an aromatic ring is 1. The molecule has 3 N–H and O–H groups in total. The topological polar surface area (TPSA) is 78.6 Å². The second kappa shape index (κ2) is 8.89. The molecule has 0 saturated carbocycles. The van der Waals surface area contributed by atoms with E-state index in [1.54, 1.807) is 35.7 Å². The molecule has 1 aromatic heterocycles. The number of ether oxygens (including phenoxy) is 3. The Morgan fingerprint density at radius 2 is 2.22 bits per heavy atom. The van der Waals surface area contributed by atoms with E-state index in [2.05, 4.69) is 16.9 Å². The van der Waals surface area contributed by atoms with Gasteiger partial charge < -0.3 is 25.3 Å². The maximum atomic E-state index is 5.80. The van der Waals surface area contributed by atoms with Crippen molar-refractivity contribution in [2.75, 3.05) is 37.4 Å². The lowest BCUT2D eigenvalue weighted by Crippen LogP contribution is -2.12. The van der Waals surface area contributed by atoms with Crippen LogP contribution in [-0.4, -0.2) is 31.3 Å². The van der Waals surface area contributed by atoms with Crippen molar-refractivity contribution in [1.29, 1.82) is 0 Å². The van der Waals surface area contributed by atoms with Gasteiger partial charge in [0.2, 0.25) is 0 Å². The molecule has 7 heteroatoms. The van der Waals surface area contributed by atoms with Crippen molar-refractivity contribution in [3.05, 3.63) is 42.1 Å². The lowest BCUT2D eigenvalue weighted by atomic mass is 10.3. The number of aromatic nitrogens is 1. The summed E-state index contributed by atoms with van der Waals surface area (Å²) in [5.74, 6) is 1.76. The minimum Gasteiger partial charge on any atom is -0.495 e. The molecule has 0 spiro atoms. The maximum Gasteiger partial charge on any atom is 0.182 e. The van der Waals surface area contributed by atoms with Crippen molar-refractivity contribution in [1.82, 2.24) is 4.98 Å². The Kier molecular flexibility index (Phi) is 6.56. The maximum absolute atomic E-state index is 5.80. The average molecular weight is 335 g/mol. The Balaban J connectivity index is 1.85. The first-order chi connectivity index (χ1) is 11.2. The molecule has 0 saturated heterocycles. The molecule has 0 fully saturated rings. The fourth-order valence-electron chi connectivity index (χ4n) is 1.79. The molecule has 0 aliphatic rings. The molecule has 1 aromatic carbocycles. The summed E-state index contributed by atoms with van der Waals surface area (Å²) in [5.41, 5.74) is 6.41. The number of nitrogens with zero attached hydrogens (tertiary/aromatic N) is 1. The van der Waals surface area contributed by atoms with Gasteiger partial charge >= 0.3 is 0 Å². The van der Waals surface area contributed by atoms with Crippen LogP contribution in [0.2, 0.25) is 0 Å². The van der Waals surface area contributed by atoms with Gasteiger partial charge in [0.1, 0.15) is 19.0 Å². The van der Waals surface area contributed by atoms with Crippen LogP contribution in [0.1, 0.15) is 6.92 Å². The zero-order valence-corrected chi connectivity index (χ0v) is 13.9. The fourth-order valence-corrected chi connectivity index (χ4v) is 2.35. The molecule has 1 heterocycles. The van der Waals surface area contributed by atoms with Gasteiger partial charge in [-0.2, -0.15) is 0 Å². The van der Waals surface area contributed by atoms with E-state index >= 15 is 0 Å². The molecule has 0 unspecified atom stereocenters. The van der Waals surface area contributed by atoms with Crippen molar-refractivity contribution in [3.63, 3.8) is 0 Å². The van der Waals surface area contributed by atoms with Gasteiger partial charge in [-0.3, -0.25) is 0 Å². The third-order valence-corrected chi connectivity index (χ3v) is 3.50. The first kappa shape index (κ1) is 17.0. The van der Waals surface area contributed by atoms with E-state index in [-0.39, 0.29) is 6.61 Å². The van der Waals surface area contributed by atoms with Gasteiger partial charge in [-0.05, 0) is 19.1 Å². The molecule has 2 aromatic rings. The van der Waals surface area contributed by atoms with Crippen LogP contribution < -0.4 is 20.5 Å². The van der Waals surface area contributed by atoms with Gasteiger partial charge in [0, 0.05) is 23.3 Å². The number of rotatable bonds is 10. The fraction of sp³-hybridized carbons (Fsp3) is 0.312. The highest BCUT2D eigenvalue weighted by atomic mass is 32.1. The number of nitrogens with one attached hydrogen (secondary N) is 1. The van der Waals surface area contributed by atoms with E-state index in [0.717, 1.165) is 5.13 Å². The van der Waals surface area contributed by atoms with Crippen LogP contribution in [-0.2, 0) is 4.74 Å². The predicted molar refractivity (Wildman–Crippen MR) is 93.2 cm³/mol. The predicted octanol–water partition coefficient (Wildman–Crippen LogP) is 3.15. The van der Waals surface area contributed by atoms with Crippen LogP contribution in [0.25, 0.3) is 0 Å². The number of hydrogen-bond acceptors (Lipinski definition) is 7. The number of benzene rings is 1. The van der Waals surface area contributed by atoms with E-state index < -0.39 is 0 Å². The molecule has 0 aliphatic carbocycles. The molecular formula is C16H21N3O3S. The Morgan fingerprint density at radius 1 is 1.35 bits per heavy atom. The van der Waals surface area contributed by atoms with Gasteiger partial charge in [0.15, 0.2) is 16.6 Å². The molecule has 0 atom stereocenters. The van der Waals surface area contributed by atoms with Crippen molar-refractivity contribution in [3.8, 4) is 11.5 Å². The summed E-state index contributed by atoms with van der Waals surface area (Å²) in [6.45, 7) is 7.61. The van der Waals surface area contributed by atoms with Crippen LogP contribution in [0.3, 0.4) is 0 Å². The second-order valence-electron chi connectivity index (χ2n) is 4.58. The quantitative estimate of drug-likeness (QED) is 0.394. The number of thiazole rings is 1. The van der Waals surface area contributed by atoms with Crippen molar-refractivity contribution in [2.45, 2.75) is 6.92 Å². The molecule has 23 heavy (non-hydrogen) atoms. The Hall–Kier alpha value is -2.41. The Bertz CT molecular complexity index is 617. The van der Waals surface area contributed by atoms with E-state index in [9.17, 15) is 0 Å². The van der Waals surface area contributed by atoms with E-state index in [1.165, 1.54) is 0 Å². The molecular weight excluding hydrogens is 314 g/mol. The monoisotopic (exact) mass is 335 g/mol. The summed E-state index contributed by atoms with van der Waals surface area (Å²) >= 11 is 1.55. The summed E-state index contributed by atoms with van der Waals surface area (Å²) in [6, 6.07) is 5.29. The number of hydrogen-bond donors (Lipinski definition) is 2. The van der Waals surface area contributed by atoms with E-state index in [4.69, 9.17) is 19.9 Å². The van der Waals surface area contributed by atoms with Crippen molar-refractivity contribution < 1.29 is 14.2 Å². The lowest BCUT2D eigenvalue weighted by Gasteiger charge is -2.14. The van der Waals surface area contributed by atoms with E-state index in [0.29, 0.717) is 42.7 Å². The zero-order valence-electron chi connectivity index (χ0n) is 13.1. The first-order valence-electron chi connectivity index (χ1n) is 7.28. The minimum absolute atomic E-state index is 0.255. The lowest BCUT2D eigenvalue weighted by molar-refractivity contribution is 0.178. The van der Waals surface area contributed by atoms with Gasteiger partial charge in [-0.1, -0.05) is 6.58 Å². The van der Waals surface area contributed by atoms with Gasteiger partial charge in [-0.25, -0.2) is 4.98 Å². The molecule has 0 bridgehead atoms.